The number of carbonyl (C=O) groups is 2. The number of pyridine rings is 1. The molecule has 0 saturated carbocycles. The van der Waals surface area contributed by atoms with Crippen LogP contribution in [0.25, 0.3) is 23.2 Å². The lowest BCUT2D eigenvalue weighted by Gasteiger charge is -2.08. The molecule has 5 aromatic rings. The molecule has 3 aromatic heterocycles. The van der Waals surface area contributed by atoms with Crippen molar-refractivity contribution in [1.82, 2.24) is 24.5 Å². The Morgan fingerprint density at radius 1 is 0.971 bits per heavy atom. The van der Waals surface area contributed by atoms with E-state index in [9.17, 15) is 9.59 Å². The third-order valence-corrected chi connectivity index (χ3v) is 5.55. The van der Waals surface area contributed by atoms with E-state index in [1.807, 2.05) is 49.5 Å². The normalized spacial score (nSPS) is 11.3. The third-order valence-electron chi connectivity index (χ3n) is 5.55. The second-order valence-electron chi connectivity index (χ2n) is 8.09. The van der Waals surface area contributed by atoms with Crippen LogP contribution in [0.3, 0.4) is 0 Å². The van der Waals surface area contributed by atoms with E-state index in [1.54, 1.807) is 60.5 Å². The van der Waals surface area contributed by atoms with Gasteiger partial charge in [0.05, 0.1) is 23.1 Å². The van der Waals surface area contributed by atoms with Crippen LogP contribution < -0.4 is 5.32 Å². The first-order valence-corrected chi connectivity index (χ1v) is 11.0. The Labute approximate surface area is 201 Å². The largest absolute Gasteiger partial charge is 0.321 e. The summed E-state index contributed by atoms with van der Waals surface area (Å²) >= 11 is 0. The number of hydrogen-bond acceptors (Lipinski definition) is 5. The highest BCUT2D eigenvalue weighted by atomic mass is 16.2. The van der Waals surface area contributed by atoms with Gasteiger partial charge in [0.2, 0.25) is 0 Å². The van der Waals surface area contributed by atoms with Crippen LogP contribution in [0.15, 0.2) is 79.1 Å². The number of fused-ring (bicyclic) bond motifs is 1. The van der Waals surface area contributed by atoms with E-state index in [0.717, 1.165) is 22.3 Å². The number of amides is 1. The molecule has 5 rings (SSSR count). The maximum absolute atomic E-state index is 13.3. The monoisotopic (exact) mass is 462 g/mol. The van der Waals surface area contributed by atoms with E-state index >= 15 is 0 Å². The standard InChI is InChI=1S/C27H22N6O2/c1-18-14-25(32(2)31-18)27(35)30-23-8-5-6-19(15-23)26(34)20-9-10-21-17-29-33(24(21)16-20)13-11-22-7-3-4-12-28-22/h3-17H,1-2H3,(H,30,35). The van der Waals surface area contributed by atoms with Gasteiger partial charge in [0, 0.05) is 41.6 Å². The molecule has 0 radical (unpaired) electrons. The molecule has 0 aliphatic rings. The smallest absolute Gasteiger partial charge is 0.273 e. The Bertz CT molecular complexity index is 1580. The quantitative estimate of drug-likeness (QED) is 0.373. The second kappa shape index (κ2) is 9.18. The van der Waals surface area contributed by atoms with Crippen LogP contribution in [0.4, 0.5) is 5.69 Å². The third kappa shape index (κ3) is 4.63. The van der Waals surface area contributed by atoms with Gasteiger partial charge in [-0.1, -0.05) is 30.3 Å². The molecular formula is C27H22N6O2. The van der Waals surface area contributed by atoms with Crippen molar-refractivity contribution in [2.45, 2.75) is 6.92 Å². The average Bonchev–Trinajstić information content (AvgIpc) is 3.44. The fourth-order valence-corrected chi connectivity index (χ4v) is 3.84. The first-order chi connectivity index (χ1) is 17.0. The minimum atomic E-state index is -0.289. The Kier molecular flexibility index (Phi) is 5.76. The van der Waals surface area contributed by atoms with Crippen molar-refractivity contribution in [2.24, 2.45) is 7.05 Å². The zero-order valence-electron chi connectivity index (χ0n) is 19.2. The molecule has 35 heavy (non-hydrogen) atoms. The molecule has 0 bridgehead atoms. The fourth-order valence-electron chi connectivity index (χ4n) is 3.84. The average molecular weight is 463 g/mol. The van der Waals surface area contributed by atoms with Crippen molar-refractivity contribution < 1.29 is 9.59 Å². The summed E-state index contributed by atoms with van der Waals surface area (Å²) in [6.07, 6.45) is 7.15. The van der Waals surface area contributed by atoms with Crippen molar-refractivity contribution in [3.63, 3.8) is 0 Å². The summed E-state index contributed by atoms with van der Waals surface area (Å²) in [6, 6.07) is 19.8. The number of aryl methyl sites for hydroxylation is 2. The van der Waals surface area contributed by atoms with Gasteiger partial charge in [-0.15, -0.1) is 0 Å². The number of aromatic nitrogens is 5. The van der Waals surface area contributed by atoms with Crippen molar-refractivity contribution in [1.29, 1.82) is 0 Å². The van der Waals surface area contributed by atoms with E-state index in [1.165, 1.54) is 4.68 Å². The van der Waals surface area contributed by atoms with Crippen molar-refractivity contribution in [3.8, 4) is 0 Å². The summed E-state index contributed by atoms with van der Waals surface area (Å²) in [5.74, 6) is -0.441. The number of hydrogen-bond donors (Lipinski definition) is 1. The molecule has 0 unspecified atom stereocenters. The van der Waals surface area contributed by atoms with Crippen molar-refractivity contribution >= 4 is 40.6 Å². The number of ketones is 1. The lowest BCUT2D eigenvalue weighted by molar-refractivity contribution is 0.101. The highest BCUT2D eigenvalue weighted by Gasteiger charge is 2.15. The summed E-state index contributed by atoms with van der Waals surface area (Å²) in [6.45, 7) is 1.83. The number of benzene rings is 2. The van der Waals surface area contributed by atoms with Gasteiger partial charge < -0.3 is 5.32 Å². The topological polar surface area (TPSA) is 94.7 Å². The Hall–Kier alpha value is -4.85. The second-order valence-corrected chi connectivity index (χ2v) is 8.09. The molecule has 1 N–H and O–H groups in total. The molecule has 2 aromatic carbocycles. The number of nitrogens with zero attached hydrogens (tertiary/aromatic N) is 5. The van der Waals surface area contributed by atoms with E-state index in [4.69, 9.17) is 0 Å². The van der Waals surface area contributed by atoms with Gasteiger partial charge >= 0.3 is 0 Å². The van der Waals surface area contributed by atoms with Gasteiger partial charge in [0.25, 0.3) is 5.91 Å². The molecule has 3 heterocycles. The molecule has 0 fully saturated rings. The molecular weight excluding hydrogens is 440 g/mol. The number of rotatable bonds is 6. The van der Waals surface area contributed by atoms with E-state index in [0.29, 0.717) is 22.5 Å². The molecule has 1 amide bonds. The molecule has 172 valence electrons. The molecule has 8 nitrogen and oxygen atoms in total. The summed E-state index contributed by atoms with van der Waals surface area (Å²) < 4.78 is 3.24. The van der Waals surface area contributed by atoms with Gasteiger partial charge in [-0.2, -0.15) is 10.2 Å². The van der Waals surface area contributed by atoms with Gasteiger partial charge in [-0.05, 0) is 49.4 Å². The summed E-state index contributed by atoms with van der Waals surface area (Å²) in [7, 11) is 1.72. The Balaban J connectivity index is 1.39. The van der Waals surface area contributed by atoms with Crippen molar-refractivity contribution in [2.75, 3.05) is 5.32 Å². The summed E-state index contributed by atoms with van der Waals surface area (Å²) in [5.41, 5.74) is 4.34. The molecule has 0 saturated heterocycles. The van der Waals surface area contributed by atoms with E-state index in [-0.39, 0.29) is 11.7 Å². The molecule has 8 heteroatoms. The molecule has 0 aliphatic heterocycles. The first kappa shape index (κ1) is 22.0. The number of carbonyl (C=O) groups excluding carboxylic acids is 2. The van der Waals surface area contributed by atoms with Crippen LogP contribution >= 0.6 is 0 Å². The maximum atomic E-state index is 13.3. The maximum Gasteiger partial charge on any atom is 0.273 e. The molecule has 0 atom stereocenters. The lowest BCUT2D eigenvalue weighted by Crippen LogP contribution is -2.16. The summed E-state index contributed by atoms with van der Waals surface area (Å²) in [5, 5.41) is 12.4. The van der Waals surface area contributed by atoms with Gasteiger partial charge in [0.1, 0.15) is 5.69 Å². The van der Waals surface area contributed by atoms with Crippen LogP contribution in [-0.4, -0.2) is 36.2 Å². The minimum Gasteiger partial charge on any atom is -0.321 e. The van der Waals surface area contributed by atoms with Gasteiger partial charge in [-0.3, -0.25) is 19.3 Å². The SMILES string of the molecule is Cc1cc(C(=O)Nc2cccc(C(=O)c3ccc4cnn(C=Cc5ccccn5)c4c3)c2)n(C)n1. The predicted octanol–water partition coefficient (Wildman–Crippen LogP) is 4.58. The van der Waals surface area contributed by atoms with Crippen LogP contribution in [0.1, 0.15) is 37.8 Å². The molecule has 0 aliphatic carbocycles. The zero-order valence-corrected chi connectivity index (χ0v) is 19.2. The van der Waals surface area contributed by atoms with Crippen LogP contribution in [0.5, 0.6) is 0 Å². The fraction of sp³-hybridized carbons (Fsp3) is 0.0741. The van der Waals surface area contributed by atoms with Crippen LogP contribution in [-0.2, 0) is 7.05 Å². The Morgan fingerprint density at radius 3 is 2.60 bits per heavy atom. The van der Waals surface area contributed by atoms with E-state index < -0.39 is 0 Å². The van der Waals surface area contributed by atoms with Gasteiger partial charge in [-0.25, -0.2) is 4.68 Å². The highest BCUT2D eigenvalue weighted by molar-refractivity contribution is 6.11. The van der Waals surface area contributed by atoms with Crippen molar-refractivity contribution in [3.05, 3.63) is 107 Å². The molecule has 0 spiro atoms. The van der Waals surface area contributed by atoms with Crippen LogP contribution in [0.2, 0.25) is 0 Å². The lowest BCUT2D eigenvalue weighted by atomic mass is 10.0. The minimum absolute atomic E-state index is 0.152. The Morgan fingerprint density at radius 2 is 1.83 bits per heavy atom. The summed E-state index contributed by atoms with van der Waals surface area (Å²) in [4.78, 5) is 30.2. The predicted molar refractivity (Wildman–Crippen MR) is 135 cm³/mol. The van der Waals surface area contributed by atoms with E-state index in [2.05, 4.69) is 20.5 Å². The van der Waals surface area contributed by atoms with Gasteiger partial charge in [0.15, 0.2) is 5.78 Å². The highest BCUT2D eigenvalue weighted by Crippen LogP contribution is 2.21. The number of nitrogens with one attached hydrogen (secondary N) is 1. The zero-order chi connectivity index (χ0) is 24.4. The number of anilines is 1. The first-order valence-electron chi connectivity index (χ1n) is 11.0. The van der Waals surface area contributed by atoms with Crippen LogP contribution in [0, 0.1) is 6.92 Å².